The van der Waals surface area contributed by atoms with Crippen LogP contribution >= 0.6 is 11.6 Å². The molecule has 0 radical (unpaired) electrons. The minimum atomic E-state index is 0.165. The molecule has 0 saturated carbocycles. The van der Waals surface area contributed by atoms with Crippen molar-refractivity contribution in [2.24, 2.45) is 0 Å². The summed E-state index contributed by atoms with van der Waals surface area (Å²) in [6, 6.07) is 16.4. The Balaban J connectivity index is 2.03. The first-order valence-corrected chi connectivity index (χ1v) is 10.0. The molecule has 0 amide bonds. The van der Waals surface area contributed by atoms with E-state index in [1.165, 1.54) is 11.3 Å². The van der Waals surface area contributed by atoms with E-state index in [1.54, 1.807) is 0 Å². The van der Waals surface area contributed by atoms with Gasteiger partial charge in [0.05, 0.1) is 11.6 Å². The van der Waals surface area contributed by atoms with Crippen LogP contribution < -0.4 is 4.90 Å². The molecule has 3 rings (SSSR count). The predicted octanol–water partition coefficient (Wildman–Crippen LogP) is 6.91. The van der Waals surface area contributed by atoms with Gasteiger partial charge in [-0.1, -0.05) is 43.6 Å². The van der Waals surface area contributed by atoms with E-state index in [-0.39, 0.29) is 5.54 Å². The van der Waals surface area contributed by atoms with Crippen LogP contribution in [-0.2, 0) is 0 Å². The lowest BCUT2D eigenvalue weighted by molar-refractivity contribution is 0.376. The summed E-state index contributed by atoms with van der Waals surface area (Å²) in [6.45, 7) is 10.3. The van der Waals surface area contributed by atoms with Gasteiger partial charge in [0.15, 0.2) is 0 Å². The standard InChI is InChI=1S/C24H27ClN2/c1-5-11-27-23-10-9-18(13-22(23)17(2)15-24(27,3)4)12-20(16-26)19-7-6-8-21(25)14-19/h6-10,12-14,17H,5,11,15H2,1-4H3/b20-12+. The molecular weight excluding hydrogens is 352 g/mol. The molecule has 2 aromatic carbocycles. The second-order valence-electron chi connectivity index (χ2n) is 8.07. The zero-order chi connectivity index (χ0) is 19.6. The lowest BCUT2D eigenvalue weighted by Gasteiger charge is -2.47. The Morgan fingerprint density at radius 1 is 1.30 bits per heavy atom. The van der Waals surface area contributed by atoms with Gasteiger partial charge in [0.25, 0.3) is 0 Å². The molecule has 1 atom stereocenters. The average Bonchev–Trinajstić information content (AvgIpc) is 2.63. The average molecular weight is 379 g/mol. The topological polar surface area (TPSA) is 27.0 Å². The van der Waals surface area contributed by atoms with Crippen LogP contribution in [0.5, 0.6) is 0 Å². The first-order valence-electron chi connectivity index (χ1n) is 9.65. The summed E-state index contributed by atoms with van der Waals surface area (Å²) in [5.74, 6) is 0.494. The monoisotopic (exact) mass is 378 g/mol. The van der Waals surface area contributed by atoms with Crippen LogP contribution in [0, 0.1) is 11.3 Å². The van der Waals surface area contributed by atoms with Gasteiger partial charge < -0.3 is 4.90 Å². The zero-order valence-corrected chi connectivity index (χ0v) is 17.3. The largest absolute Gasteiger partial charge is 0.366 e. The van der Waals surface area contributed by atoms with Gasteiger partial charge in [-0.3, -0.25) is 0 Å². The van der Waals surface area contributed by atoms with Gasteiger partial charge in [0.2, 0.25) is 0 Å². The highest BCUT2D eigenvalue weighted by Crippen LogP contribution is 2.43. The fraction of sp³-hybridized carbons (Fsp3) is 0.375. The number of fused-ring (bicyclic) bond motifs is 1. The van der Waals surface area contributed by atoms with E-state index in [0.29, 0.717) is 16.5 Å². The van der Waals surface area contributed by atoms with E-state index >= 15 is 0 Å². The third-order valence-corrected chi connectivity index (χ3v) is 5.66. The number of nitrogens with zero attached hydrogens (tertiary/aromatic N) is 2. The van der Waals surface area contributed by atoms with Crippen LogP contribution in [0.4, 0.5) is 5.69 Å². The van der Waals surface area contributed by atoms with Crippen molar-refractivity contribution in [2.45, 2.75) is 52.0 Å². The van der Waals surface area contributed by atoms with E-state index in [9.17, 15) is 5.26 Å². The van der Waals surface area contributed by atoms with Crippen molar-refractivity contribution in [3.8, 4) is 6.07 Å². The Morgan fingerprint density at radius 2 is 2.07 bits per heavy atom. The molecule has 2 nitrogen and oxygen atoms in total. The van der Waals surface area contributed by atoms with Gasteiger partial charge in [0.1, 0.15) is 0 Å². The molecule has 0 spiro atoms. The van der Waals surface area contributed by atoms with Crippen LogP contribution in [0.1, 0.15) is 63.1 Å². The third kappa shape index (κ3) is 4.04. The summed E-state index contributed by atoms with van der Waals surface area (Å²) in [7, 11) is 0. The summed E-state index contributed by atoms with van der Waals surface area (Å²) >= 11 is 6.09. The van der Waals surface area contributed by atoms with Crippen LogP contribution in [-0.4, -0.2) is 12.1 Å². The molecule has 0 aromatic heterocycles. The highest BCUT2D eigenvalue weighted by atomic mass is 35.5. The van der Waals surface area contributed by atoms with Crippen LogP contribution in [0.15, 0.2) is 42.5 Å². The number of hydrogen-bond donors (Lipinski definition) is 0. The number of halogens is 1. The van der Waals surface area contributed by atoms with Gasteiger partial charge >= 0.3 is 0 Å². The Hall–Kier alpha value is -2.24. The Morgan fingerprint density at radius 3 is 2.74 bits per heavy atom. The number of hydrogen-bond acceptors (Lipinski definition) is 2. The number of nitriles is 1. The van der Waals surface area contributed by atoms with E-state index in [2.05, 4.69) is 56.9 Å². The number of benzene rings is 2. The molecule has 1 heterocycles. The molecule has 27 heavy (non-hydrogen) atoms. The first-order chi connectivity index (χ1) is 12.9. The fourth-order valence-electron chi connectivity index (χ4n) is 4.25. The van der Waals surface area contributed by atoms with E-state index < -0.39 is 0 Å². The Kier molecular flexibility index (Phi) is 5.63. The Labute approximate surface area is 168 Å². The molecule has 3 heteroatoms. The van der Waals surface area contributed by atoms with Crippen molar-refractivity contribution in [3.05, 3.63) is 64.2 Å². The van der Waals surface area contributed by atoms with Crippen molar-refractivity contribution in [2.75, 3.05) is 11.4 Å². The van der Waals surface area contributed by atoms with E-state index in [4.69, 9.17) is 11.6 Å². The van der Waals surface area contributed by atoms with Gasteiger partial charge in [0, 0.05) is 22.8 Å². The molecule has 1 unspecified atom stereocenters. The quantitative estimate of drug-likeness (QED) is 0.427. The van der Waals surface area contributed by atoms with Crippen molar-refractivity contribution in [3.63, 3.8) is 0 Å². The maximum Gasteiger partial charge on any atom is 0.0998 e. The second kappa shape index (κ2) is 7.79. The summed E-state index contributed by atoms with van der Waals surface area (Å²) < 4.78 is 0. The molecule has 1 aliphatic heterocycles. The molecule has 2 aromatic rings. The molecule has 0 N–H and O–H groups in total. The highest BCUT2D eigenvalue weighted by molar-refractivity contribution is 6.30. The van der Waals surface area contributed by atoms with Crippen molar-refractivity contribution in [1.29, 1.82) is 5.26 Å². The molecular formula is C24H27ClN2. The molecule has 0 fully saturated rings. The summed E-state index contributed by atoms with van der Waals surface area (Å²) in [4.78, 5) is 2.54. The first kappa shape index (κ1) is 19.5. The summed E-state index contributed by atoms with van der Waals surface area (Å²) in [5, 5.41) is 10.3. The summed E-state index contributed by atoms with van der Waals surface area (Å²) in [5.41, 5.74) is 5.42. The van der Waals surface area contributed by atoms with Crippen LogP contribution in [0.2, 0.25) is 5.02 Å². The summed E-state index contributed by atoms with van der Waals surface area (Å²) in [6.07, 6.45) is 4.22. The van der Waals surface area contributed by atoms with Crippen molar-refractivity contribution >= 4 is 28.9 Å². The maximum absolute atomic E-state index is 9.63. The molecule has 140 valence electrons. The predicted molar refractivity (Wildman–Crippen MR) is 116 cm³/mol. The normalized spacial score (nSPS) is 18.7. The lowest BCUT2D eigenvalue weighted by Crippen LogP contribution is -2.48. The number of anilines is 1. The fourth-order valence-corrected chi connectivity index (χ4v) is 4.44. The minimum absolute atomic E-state index is 0.165. The number of allylic oxidation sites excluding steroid dienone is 1. The number of rotatable bonds is 4. The van der Waals surface area contributed by atoms with Crippen molar-refractivity contribution in [1.82, 2.24) is 0 Å². The Bertz CT molecular complexity index is 905. The molecule has 1 aliphatic rings. The van der Waals surface area contributed by atoms with Crippen LogP contribution in [0.25, 0.3) is 11.6 Å². The smallest absolute Gasteiger partial charge is 0.0998 e. The van der Waals surface area contributed by atoms with Crippen molar-refractivity contribution < 1.29 is 0 Å². The van der Waals surface area contributed by atoms with Gasteiger partial charge in [-0.25, -0.2) is 0 Å². The molecule has 0 aliphatic carbocycles. The molecule has 0 bridgehead atoms. The minimum Gasteiger partial charge on any atom is -0.366 e. The van der Waals surface area contributed by atoms with Gasteiger partial charge in [-0.2, -0.15) is 5.26 Å². The van der Waals surface area contributed by atoms with E-state index in [1.807, 2.05) is 30.3 Å². The SMILES string of the molecule is CCCN1c2ccc(/C=C(\C#N)c3cccc(Cl)c3)cc2C(C)CC1(C)C. The van der Waals surface area contributed by atoms with E-state index in [0.717, 1.165) is 30.5 Å². The second-order valence-corrected chi connectivity index (χ2v) is 8.50. The molecule has 0 saturated heterocycles. The zero-order valence-electron chi connectivity index (χ0n) is 16.6. The highest BCUT2D eigenvalue weighted by Gasteiger charge is 2.35. The maximum atomic E-state index is 9.63. The van der Waals surface area contributed by atoms with Gasteiger partial charge in [-0.05, 0) is 79.6 Å². The van der Waals surface area contributed by atoms with Gasteiger partial charge in [-0.15, -0.1) is 0 Å². The third-order valence-electron chi connectivity index (χ3n) is 5.42. The lowest BCUT2D eigenvalue weighted by atomic mass is 9.79. The van der Waals surface area contributed by atoms with Crippen LogP contribution in [0.3, 0.4) is 0 Å².